The molecule has 180 valence electrons. The Hall–Kier alpha value is -3.59. The third-order valence-corrected chi connectivity index (χ3v) is 6.29. The number of aromatic nitrogens is 5. The Bertz CT molecular complexity index is 1270. The van der Waals surface area contributed by atoms with Crippen LogP contribution in [0.5, 0.6) is 0 Å². The van der Waals surface area contributed by atoms with Crippen LogP contribution >= 0.6 is 11.8 Å². The predicted molar refractivity (Wildman–Crippen MR) is 134 cm³/mol. The lowest BCUT2D eigenvalue weighted by atomic mass is 10.1. The number of nitrogens with one attached hydrogen (secondary N) is 1. The van der Waals surface area contributed by atoms with Crippen LogP contribution in [-0.2, 0) is 12.2 Å². The highest BCUT2D eigenvalue weighted by atomic mass is 32.2. The Morgan fingerprint density at radius 2 is 1.74 bits per heavy atom. The largest absolute Gasteiger partial charge is 0.348 e. The zero-order valence-corrected chi connectivity index (χ0v) is 20.7. The molecule has 0 radical (unpaired) electrons. The minimum absolute atomic E-state index is 0.0538. The van der Waals surface area contributed by atoms with Crippen molar-refractivity contribution < 1.29 is 9.18 Å². The van der Waals surface area contributed by atoms with E-state index in [1.54, 1.807) is 16.8 Å². The van der Waals surface area contributed by atoms with E-state index in [1.807, 2.05) is 45.0 Å². The van der Waals surface area contributed by atoms with Gasteiger partial charge in [0.1, 0.15) is 5.82 Å². The smallest absolute Gasteiger partial charge is 0.274 e. The number of carbonyl (C=O) groups is 1. The predicted octanol–water partition coefficient (Wildman–Crippen LogP) is 4.86. The number of halogens is 1. The number of benzene rings is 2. The van der Waals surface area contributed by atoms with Gasteiger partial charge >= 0.3 is 0 Å². The average Bonchev–Trinajstić information content (AvgIpc) is 3.26. The van der Waals surface area contributed by atoms with E-state index in [1.165, 1.54) is 29.5 Å². The first-order valence-corrected chi connectivity index (χ1v) is 12.4. The summed E-state index contributed by atoms with van der Waals surface area (Å²) in [4.78, 5) is 22.1. The Labute approximate surface area is 208 Å². The second kappa shape index (κ2) is 11.2. The zero-order chi connectivity index (χ0) is 24.8. The molecule has 0 saturated carbocycles. The average molecular weight is 491 g/mol. The monoisotopic (exact) mass is 490 g/mol. The molecular formula is C26H27FN6OS. The molecule has 0 aliphatic heterocycles. The molecule has 4 aromatic rings. The molecule has 0 saturated heterocycles. The fourth-order valence-electron chi connectivity index (χ4n) is 3.68. The molecule has 0 aliphatic carbocycles. The first-order chi connectivity index (χ1) is 16.9. The van der Waals surface area contributed by atoms with Crippen molar-refractivity contribution in [3.63, 3.8) is 0 Å². The number of rotatable bonds is 9. The second-order valence-corrected chi connectivity index (χ2v) is 9.34. The van der Waals surface area contributed by atoms with Crippen molar-refractivity contribution in [3.8, 4) is 5.69 Å². The lowest BCUT2D eigenvalue weighted by Crippen LogP contribution is -2.33. The van der Waals surface area contributed by atoms with Crippen LogP contribution in [0, 0.1) is 19.7 Å². The van der Waals surface area contributed by atoms with Gasteiger partial charge in [0, 0.05) is 23.2 Å². The summed E-state index contributed by atoms with van der Waals surface area (Å²) in [5.74, 6) is -0.275. The standard InChI is InChI=1S/C26H27FN6OS/c1-17(9-10-20-7-5-4-6-8-20)28-25(34)24-23(16-35-26-29-18(2)15-19(3)30-26)33(32-31-24)22-13-11-21(27)12-14-22/h4-8,11-15,17H,9-10,16H2,1-3H3,(H,28,34). The highest BCUT2D eigenvalue weighted by Crippen LogP contribution is 2.24. The maximum absolute atomic E-state index is 13.5. The van der Waals surface area contributed by atoms with Crippen LogP contribution in [0.25, 0.3) is 5.69 Å². The van der Waals surface area contributed by atoms with Crippen LogP contribution in [0.4, 0.5) is 4.39 Å². The molecule has 0 spiro atoms. The Balaban J connectivity index is 1.54. The summed E-state index contributed by atoms with van der Waals surface area (Å²) < 4.78 is 15.1. The van der Waals surface area contributed by atoms with E-state index in [9.17, 15) is 9.18 Å². The topological polar surface area (TPSA) is 85.6 Å². The third kappa shape index (κ3) is 6.51. The highest BCUT2D eigenvalue weighted by molar-refractivity contribution is 7.98. The van der Waals surface area contributed by atoms with Crippen LogP contribution in [0.3, 0.4) is 0 Å². The molecule has 4 rings (SSSR count). The van der Waals surface area contributed by atoms with E-state index in [4.69, 9.17) is 0 Å². The van der Waals surface area contributed by atoms with Gasteiger partial charge in [0.2, 0.25) is 0 Å². The van der Waals surface area contributed by atoms with Gasteiger partial charge in [-0.05, 0) is 69.5 Å². The summed E-state index contributed by atoms with van der Waals surface area (Å²) >= 11 is 1.40. The second-order valence-electron chi connectivity index (χ2n) is 8.39. The van der Waals surface area contributed by atoms with Crippen LogP contribution in [0.1, 0.15) is 46.5 Å². The first-order valence-electron chi connectivity index (χ1n) is 11.4. The van der Waals surface area contributed by atoms with E-state index in [-0.39, 0.29) is 23.5 Å². The van der Waals surface area contributed by atoms with Crippen LogP contribution in [-0.4, -0.2) is 36.9 Å². The fourth-order valence-corrected chi connectivity index (χ4v) is 4.62. The molecule has 1 atom stereocenters. The summed E-state index contributed by atoms with van der Waals surface area (Å²) in [7, 11) is 0. The minimum atomic E-state index is -0.348. The summed E-state index contributed by atoms with van der Waals surface area (Å²) in [5, 5.41) is 12.1. The van der Waals surface area contributed by atoms with Gasteiger partial charge in [-0.2, -0.15) is 0 Å². The van der Waals surface area contributed by atoms with Gasteiger partial charge in [-0.15, -0.1) is 5.10 Å². The van der Waals surface area contributed by atoms with Gasteiger partial charge in [-0.1, -0.05) is 47.3 Å². The van der Waals surface area contributed by atoms with Crippen molar-refractivity contribution in [1.29, 1.82) is 0 Å². The van der Waals surface area contributed by atoms with Gasteiger partial charge < -0.3 is 5.32 Å². The van der Waals surface area contributed by atoms with E-state index in [0.29, 0.717) is 22.3 Å². The summed E-state index contributed by atoms with van der Waals surface area (Å²) in [6, 6.07) is 17.9. The number of hydrogen-bond donors (Lipinski definition) is 1. The Morgan fingerprint density at radius 3 is 2.43 bits per heavy atom. The lowest BCUT2D eigenvalue weighted by Gasteiger charge is -2.14. The van der Waals surface area contributed by atoms with Gasteiger partial charge in [0.05, 0.1) is 11.4 Å². The molecule has 9 heteroatoms. The Kier molecular flexibility index (Phi) is 7.87. The number of amides is 1. The van der Waals surface area contributed by atoms with Crippen LogP contribution < -0.4 is 5.32 Å². The lowest BCUT2D eigenvalue weighted by molar-refractivity contribution is 0.0932. The van der Waals surface area contributed by atoms with Crippen molar-refractivity contribution in [1.82, 2.24) is 30.3 Å². The minimum Gasteiger partial charge on any atom is -0.348 e. The first kappa shape index (κ1) is 24.5. The molecule has 1 unspecified atom stereocenters. The van der Waals surface area contributed by atoms with E-state index >= 15 is 0 Å². The SMILES string of the molecule is Cc1cc(C)nc(SCc2c(C(=O)NC(C)CCc3ccccc3)nnn2-c2ccc(F)cc2)n1. The normalized spacial score (nSPS) is 11.9. The van der Waals surface area contributed by atoms with Gasteiger partial charge in [0.25, 0.3) is 5.91 Å². The van der Waals surface area contributed by atoms with Crippen molar-refractivity contribution in [2.45, 2.75) is 50.6 Å². The molecule has 2 aromatic heterocycles. The molecule has 35 heavy (non-hydrogen) atoms. The molecule has 0 fully saturated rings. The molecule has 0 bridgehead atoms. The molecule has 2 heterocycles. The van der Waals surface area contributed by atoms with E-state index < -0.39 is 0 Å². The quantitative estimate of drug-likeness (QED) is 0.267. The van der Waals surface area contributed by atoms with Crippen LogP contribution in [0.15, 0.2) is 65.8 Å². The third-order valence-electron chi connectivity index (χ3n) is 5.44. The molecule has 7 nitrogen and oxygen atoms in total. The molecule has 2 aromatic carbocycles. The van der Waals surface area contributed by atoms with Crippen molar-refractivity contribution >= 4 is 17.7 Å². The molecule has 1 amide bonds. The van der Waals surface area contributed by atoms with E-state index in [2.05, 4.69) is 37.7 Å². The number of nitrogens with zero attached hydrogens (tertiary/aromatic N) is 5. The molecular weight excluding hydrogens is 463 g/mol. The van der Waals surface area contributed by atoms with Crippen molar-refractivity contribution in [2.75, 3.05) is 0 Å². The molecule has 1 N–H and O–H groups in total. The van der Waals surface area contributed by atoms with Gasteiger partial charge in [0.15, 0.2) is 10.9 Å². The maximum atomic E-state index is 13.5. The number of hydrogen-bond acceptors (Lipinski definition) is 6. The van der Waals surface area contributed by atoms with E-state index in [0.717, 1.165) is 24.2 Å². The highest BCUT2D eigenvalue weighted by Gasteiger charge is 2.22. The van der Waals surface area contributed by atoms with Gasteiger partial charge in [-0.3, -0.25) is 4.79 Å². The number of aryl methyl sites for hydroxylation is 3. The summed E-state index contributed by atoms with van der Waals surface area (Å²) in [6.45, 7) is 5.81. The maximum Gasteiger partial charge on any atom is 0.274 e. The zero-order valence-electron chi connectivity index (χ0n) is 19.9. The summed E-state index contributed by atoms with van der Waals surface area (Å²) in [6.07, 6.45) is 1.65. The molecule has 0 aliphatic rings. The fraction of sp³-hybridized carbons (Fsp3) is 0.269. The van der Waals surface area contributed by atoms with Crippen LogP contribution in [0.2, 0.25) is 0 Å². The number of carbonyl (C=O) groups excluding carboxylic acids is 1. The van der Waals surface area contributed by atoms with Crippen molar-refractivity contribution in [3.05, 3.63) is 94.8 Å². The summed E-state index contributed by atoms with van der Waals surface area (Å²) in [5.41, 5.74) is 4.41. The Morgan fingerprint density at radius 1 is 1.06 bits per heavy atom. The van der Waals surface area contributed by atoms with Crippen molar-refractivity contribution in [2.24, 2.45) is 0 Å². The number of thioether (sulfide) groups is 1. The van der Waals surface area contributed by atoms with Gasteiger partial charge in [-0.25, -0.2) is 19.0 Å².